The smallest absolute Gasteiger partial charge is 0.232 e. The number of para-hydroxylation sites is 1. The summed E-state index contributed by atoms with van der Waals surface area (Å²) < 4.78 is 0. The van der Waals surface area contributed by atoms with Crippen LogP contribution in [0.5, 0.6) is 0 Å². The average Bonchev–Trinajstić information content (AvgIpc) is 2.82. The topological polar surface area (TPSA) is 57.8 Å². The number of nitrogens with zero attached hydrogens (tertiary/aromatic N) is 1. The zero-order chi connectivity index (χ0) is 13.8. The molecule has 2 rings (SSSR count). The van der Waals surface area contributed by atoms with Crippen LogP contribution in [0.1, 0.15) is 18.3 Å². The third-order valence-electron chi connectivity index (χ3n) is 3.15. The number of H-pyrrole nitrogens is 1. The van der Waals surface area contributed by atoms with E-state index in [1.807, 2.05) is 25.3 Å². The van der Waals surface area contributed by atoms with Crippen molar-refractivity contribution in [3.63, 3.8) is 0 Å². The quantitative estimate of drug-likeness (QED) is 0.881. The van der Waals surface area contributed by atoms with E-state index >= 15 is 0 Å². The summed E-state index contributed by atoms with van der Waals surface area (Å²) in [7, 11) is 0. The van der Waals surface area contributed by atoms with Gasteiger partial charge in [0.25, 0.3) is 0 Å². The van der Waals surface area contributed by atoms with Crippen molar-refractivity contribution in [2.75, 3.05) is 12.8 Å². The van der Waals surface area contributed by atoms with E-state index in [0.717, 1.165) is 23.3 Å². The van der Waals surface area contributed by atoms with Gasteiger partial charge in [0.05, 0.1) is 16.3 Å². The molecule has 0 saturated carbocycles. The number of aryl methyl sites for hydroxylation is 1. The maximum Gasteiger partial charge on any atom is 0.232 e. The van der Waals surface area contributed by atoms with Crippen LogP contribution in [0.3, 0.4) is 0 Å². The monoisotopic (exact) mass is 277 g/mol. The molecule has 1 aromatic heterocycles. The van der Waals surface area contributed by atoms with Crippen molar-refractivity contribution < 1.29 is 4.79 Å². The van der Waals surface area contributed by atoms with Crippen LogP contribution in [0.2, 0.25) is 0 Å². The van der Waals surface area contributed by atoms with Crippen LogP contribution in [-0.4, -0.2) is 33.9 Å². The molecule has 5 heteroatoms. The molecule has 1 heterocycles. The van der Waals surface area contributed by atoms with Gasteiger partial charge in [0.15, 0.2) is 0 Å². The lowest BCUT2D eigenvalue weighted by Gasteiger charge is -2.08. The van der Waals surface area contributed by atoms with E-state index in [0.29, 0.717) is 6.54 Å². The minimum atomic E-state index is -0.00193. The predicted octanol–water partition coefficient (Wildman–Crippen LogP) is 2.28. The van der Waals surface area contributed by atoms with Gasteiger partial charge in [0.1, 0.15) is 5.82 Å². The molecule has 102 valence electrons. The van der Waals surface area contributed by atoms with Crippen LogP contribution in [0.4, 0.5) is 0 Å². The first-order valence-corrected chi connectivity index (χ1v) is 7.65. The third kappa shape index (κ3) is 3.29. The summed E-state index contributed by atoms with van der Waals surface area (Å²) in [6.07, 6.45) is 2.66. The number of aromatic amines is 1. The molecule has 2 aromatic rings. The van der Waals surface area contributed by atoms with Crippen molar-refractivity contribution in [1.82, 2.24) is 15.3 Å². The molecule has 0 bridgehead atoms. The summed E-state index contributed by atoms with van der Waals surface area (Å²) in [5.74, 6) is 1.00. The summed E-state index contributed by atoms with van der Waals surface area (Å²) in [6.45, 7) is 4.57. The SMILES string of the molecule is CS[C@@H](C)C(=O)NCCc1nc2c(C)cccc2[nH]1. The Bertz CT molecular complexity index is 579. The van der Waals surface area contributed by atoms with E-state index in [1.165, 1.54) is 5.56 Å². The number of imidazole rings is 1. The molecule has 0 radical (unpaired) electrons. The van der Waals surface area contributed by atoms with Gasteiger partial charge in [0.2, 0.25) is 5.91 Å². The number of carbonyl (C=O) groups is 1. The van der Waals surface area contributed by atoms with Gasteiger partial charge in [-0.25, -0.2) is 4.98 Å². The normalized spacial score (nSPS) is 12.6. The van der Waals surface area contributed by atoms with E-state index in [2.05, 4.69) is 28.3 Å². The number of carbonyl (C=O) groups excluding carboxylic acids is 1. The first kappa shape index (κ1) is 13.9. The predicted molar refractivity (Wildman–Crippen MR) is 80.5 cm³/mol. The molecule has 2 N–H and O–H groups in total. The van der Waals surface area contributed by atoms with E-state index in [4.69, 9.17) is 0 Å². The van der Waals surface area contributed by atoms with Gasteiger partial charge in [0, 0.05) is 13.0 Å². The van der Waals surface area contributed by atoms with Crippen LogP contribution >= 0.6 is 11.8 Å². The van der Waals surface area contributed by atoms with Crippen molar-refractivity contribution in [1.29, 1.82) is 0 Å². The molecule has 0 aliphatic rings. The van der Waals surface area contributed by atoms with Crippen molar-refractivity contribution >= 4 is 28.7 Å². The van der Waals surface area contributed by atoms with Gasteiger partial charge in [-0.1, -0.05) is 12.1 Å². The second-order valence-corrected chi connectivity index (χ2v) is 5.75. The highest BCUT2D eigenvalue weighted by atomic mass is 32.2. The number of thioether (sulfide) groups is 1. The fourth-order valence-corrected chi connectivity index (χ4v) is 2.20. The van der Waals surface area contributed by atoms with Crippen LogP contribution in [0.15, 0.2) is 18.2 Å². The maximum atomic E-state index is 11.6. The van der Waals surface area contributed by atoms with Crippen molar-refractivity contribution in [3.8, 4) is 0 Å². The Labute approximate surface area is 117 Å². The molecule has 1 atom stereocenters. The zero-order valence-electron chi connectivity index (χ0n) is 11.5. The Kier molecular flexibility index (Phi) is 4.47. The minimum absolute atomic E-state index is 0.00193. The minimum Gasteiger partial charge on any atom is -0.355 e. The Balaban J connectivity index is 1.95. The van der Waals surface area contributed by atoms with E-state index in [9.17, 15) is 4.79 Å². The highest BCUT2D eigenvalue weighted by Gasteiger charge is 2.10. The van der Waals surface area contributed by atoms with Crippen LogP contribution in [0.25, 0.3) is 11.0 Å². The molecular formula is C14H19N3OS. The van der Waals surface area contributed by atoms with Gasteiger partial charge in [-0.2, -0.15) is 11.8 Å². The lowest BCUT2D eigenvalue weighted by atomic mass is 10.2. The van der Waals surface area contributed by atoms with Crippen LogP contribution in [0, 0.1) is 6.92 Å². The second kappa shape index (κ2) is 6.10. The summed E-state index contributed by atoms with van der Waals surface area (Å²) in [6, 6.07) is 6.09. The molecule has 0 saturated heterocycles. The number of aromatic nitrogens is 2. The number of hydrogen-bond acceptors (Lipinski definition) is 3. The summed E-state index contributed by atoms with van der Waals surface area (Å²) >= 11 is 1.55. The summed E-state index contributed by atoms with van der Waals surface area (Å²) in [5, 5.41) is 2.92. The number of benzene rings is 1. The first-order chi connectivity index (χ1) is 9.11. The fourth-order valence-electron chi connectivity index (χ4n) is 1.90. The first-order valence-electron chi connectivity index (χ1n) is 6.36. The lowest BCUT2D eigenvalue weighted by molar-refractivity contribution is -0.120. The van der Waals surface area contributed by atoms with Crippen molar-refractivity contribution in [2.24, 2.45) is 0 Å². The largest absolute Gasteiger partial charge is 0.355 e. The second-order valence-electron chi connectivity index (χ2n) is 4.57. The molecule has 0 spiro atoms. The van der Waals surface area contributed by atoms with Crippen molar-refractivity contribution in [2.45, 2.75) is 25.5 Å². The molecule has 0 aliphatic heterocycles. The van der Waals surface area contributed by atoms with Crippen molar-refractivity contribution in [3.05, 3.63) is 29.6 Å². The van der Waals surface area contributed by atoms with Gasteiger partial charge in [-0.15, -0.1) is 0 Å². The average molecular weight is 277 g/mol. The Morgan fingerprint density at radius 3 is 3.00 bits per heavy atom. The Morgan fingerprint density at radius 2 is 2.32 bits per heavy atom. The molecule has 1 amide bonds. The lowest BCUT2D eigenvalue weighted by Crippen LogP contribution is -2.32. The van der Waals surface area contributed by atoms with E-state index < -0.39 is 0 Å². The zero-order valence-corrected chi connectivity index (χ0v) is 12.3. The van der Waals surface area contributed by atoms with Gasteiger partial charge in [-0.3, -0.25) is 4.79 Å². The van der Waals surface area contributed by atoms with Crippen LogP contribution in [-0.2, 0) is 11.2 Å². The number of nitrogens with one attached hydrogen (secondary N) is 2. The standard InChI is InChI=1S/C14H19N3OS/c1-9-5-4-6-11-13(9)17-12(16-11)7-8-15-14(18)10(2)19-3/h4-6,10H,7-8H2,1-3H3,(H,15,18)(H,16,17)/t10-/m0/s1. The van der Waals surface area contributed by atoms with E-state index in [1.54, 1.807) is 11.8 Å². The molecule has 0 unspecified atom stereocenters. The number of hydrogen-bond donors (Lipinski definition) is 2. The third-order valence-corrected chi connectivity index (χ3v) is 4.07. The Hall–Kier alpha value is -1.49. The molecule has 0 fully saturated rings. The van der Waals surface area contributed by atoms with Gasteiger partial charge < -0.3 is 10.3 Å². The maximum absolute atomic E-state index is 11.6. The summed E-state index contributed by atoms with van der Waals surface area (Å²) in [5.41, 5.74) is 3.24. The molecule has 0 aliphatic carbocycles. The number of amides is 1. The van der Waals surface area contributed by atoms with Gasteiger partial charge >= 0.3 is 0 Å². The number of rotatable bonds is 5. The highest BCUT2D eigenvalue weighted by molar-refractivity contribution is 7.99. The van der Waals surface area contributed by atoms with Gasteiger partial charge in [-0.05, 0) is 31.7 Å². The number of fused-ring (bicyclic) bond motifs is 1. The molecule has 1 aromatic carbocycles. The summed E-state index contributed by atoms with van der Waals surface area (Å²) in [4.78, 5) is 19.5. The molecular weight excluding hydrogens is 258 g/mol. The van der Waals surface area contributed by atoms with Crippen LogP contribution < -0.4 is 5.32 Å². The molecule has 4 nitrogen and oxygen atoms in total. The Morgan fingerprint density at radius 1 is 1.53 bits per heavy atom. The molecule has 19 heavy (non-hydrogen) atoms. The van der Waals surface area contributed by atoms with E-state index in [-0.39, 0.29) is 11.2 Å². The fraction of sp³-hybridized carbons (Fsp3) is 0.429. The highest BCUT2D eigenvalue weighted by Crippen LogP contribution is 2.15.